The highest BCUT2D eigenvalue weighted by atomic mass is 127. The van der Waals surface area contributed by atoms with E-state index < -0.39 is 0 Å². The molecule has 0 saturated heterocycles. The van der Waals surface area contributed by atoms with E-state index in [0.717, 1.165) is 23.9 Å². The van der Waals surface area contributed by atoms with Crippen molar-refractivity contribution < 1.29 is 0 Å². The van der Waals surface area contributed by atoms with Crippen molar-refractivity contribution in [3.05, 3.63) is 64.1 Å². The number of benzene rings is 2. The van der Waals surface area contributed by atoms with E-state index in [4.69, 9.17) is 4.99 Å². The molecule has 0 unspecified atom stereocenters. The number of hydrogen-bond donors (Lipinski definition) is 2. The van der Waals surface area contributed by atoms with Crippen LogP contribution in [-0.2, 0) is 19.5 Å². The molecule has 2 N–H and O–H groups in total. The van der Waals surface area contributed by atoms with Gasteiger partial charge in [0, 0.05) is 17.6 Å². The third kappa shape index (κ3) is 5.41. The zero-order valence-corrected chi connectivity index (χ0v) is 18.3. The maximum atomic E-state index is 4.75. The summed E-state index contributed by atoms with van der Waals surface area (Å²) < 4.78 is 0. The molecule has 0 aliphatic rings. The third-order valence-electron chi connectivity index (χ3n) is 3.99. The van der Waals surface area contributed by atoms with Crippen LogP contribution >= 0.6 is 35.3 Å². The van der Waals surface area contributed by atoms with Gasteiger partial charge in [-0.15, -0.1) is 35.3 Å². The highest BCUT2D eigenvalue weighted by Crippen LogP contribution is 2.19. The number of nitrogens with zero attached hydrogens (tertiary/aromatic N) is 2. The summed E-state index contributed by atoms with van der Waals surface area (Å²) in [6, 6.07) is 14.8. The summed E-state index contributed by atoms with van der Waals surface area (Å²) in [4.78, 5) is 10.5. The predicted molar refractivity (Wildman–Crippen MR) is 123 cm³/mol. The van der Waals surface area contributed by atoms with Crippen molar-refractivity contribution >= 4 is 52.0 Å². The van der Waals surface area contributed by atoms with Gasteiger partial charge in [0.1, 0.15) is 5.01 Å². The van der Waals surface area contributed by atoms with Gasteiger partial charge in [-0.3, -0.25) is 0 Å². The lowest BCUT2D eigenvalue weighted by Gasteiger charge is -2.11. The van der Waals surface area contributed by atoms with Crippen molar-refractivity contribution in [1.29, 1.82) is 0 Å². The van der Waals surface area contributed by atoms with E-state index in [9.17, 15) is 0 Å². The third-order valence-corrected chi connectivity index (χ3v) is 5.13. The minimum absolute atomic E-state index is 0. The number of rotatable bonds is 6. The average Bonchev–Trinajstić information content (AvgIpc) is 3.12. The molecule has 0 radical (unpaired) electrons. The smallest absolute Gasteiger partial charge is 0.191 e. The molecular weight excluding hydrogens is 455 g/mol. The van der Waals surface area contributed by atoms with Crippen molar-refractivity contribution in [2.75, 3.05) is 6.54 Å². The van der Waals surface area contributed by atoms with Crippen LogP contribution in [0.5, 0.6) is 0 Å². The Hall–Kier alpha value is -1.67. The molecule has 1 aromatic heterocycles. The van der Waals surface area contributed by atoms with Crippen molar-refractivity contribution in [3.63, 3.8) is 0 Å². The number of hydrogen-bond acceptors (Lipinski definition) is 3. The SMILES string of the molecule is CCNC(=NCc1cccc2ccccc12)NCc1ncc(CC)s1.I. The second kappa shape index (κ2) is 10.5. The fourth-order valence-corrected chi connectivity index (χ4v) is 3.49. The number of aliphatic imine (C=N–C) groups is 1. The van der Waals surface area contributed by atoms with E-state index in [-0.39, 0.29) is 24.0 Å². The Labute approximate surface area is 176 Å². The summed E-state index contributed by atoms with van der Waals surface area (Å²) in [5.41, 5.74) is 1.23. The van der Waals surface area contributed by atoms with E-state index in [2.05, 4.69) is 71.9 Å². The van der Waals surface area contributed by atoms with Crippen LogP contribution in [0.4, 0.5) is 0 Å². The molecule has 26 heavy (non-hydrogen) atoms. The topological polar surface area (TPSA) is 49.3 Å². The Kier molecular flexibility index (Phi) is 8.31. The number of aromatic nitrogens is 1. The Morgan fingerprint density at radius 1 is 1.08 bits per heavy atom. The highest BCUT2D eigenvalue weighted by molar-refractivity contribution is 14.0. The highest BCUT2D eigenvalue weighted by Gasteiger charge is 2.04. The van der Waals surface area contributed by atoms with E-state index >= 15 is 0 Å². The lowest BCUT2D eigenvalue weighted by atomic mass is 10.1. The van der Waals surface area contributed by atoms with Gasteiger partial charge in [0.05, 0.1) is 13.1 Å². The summed E-state index contributed by atoms with van der Waals surface area (Å²) in [6.45, 7) is 6.41. The standard InChI is InChI=1S/C20H24N4S.HI/c1-3-17-13-22-19(25-17)14-24-20(21-4-2)23-12-16-10-7-9-15-8-5-6-11-18(15)16;/h5-11,13H,3-4,12,14H2,1-2H3,(H2,21,23,24);1H. The first kappa shape index (κ1) is 20.6. The molecule has 2 aromatic carbocycles. The number of fused-ring (bicyclic) bond motifs is 1. The molecule has 138 valence electrons. The molecular formula is C20H25IN4S. The summed E-state index contributed by atoms with van der Waals surface area (Å²) in [6.07, 6.45) is 2.99. The second-order valence-electron chi connectivity index (χ2n) is 5.76. The van der Waals surface area contributed by atoms with Gasteiger partial charge in [-0.05, 0) is 29.7 Å². The van der Waals surface area contributed by atoms with E-state index in [1.165, 1.54) is 21.2 Å². The molecule has 3 aromatic rings. The fourth-order valence-electron chi connectivity index (χ4n) is 2.69. The van der Waals surface area contributed by atoms with E-state index in [1.54, 1.807) is 11.3 Å². The molecule has 0 spiro atoms. The average molecular weight is 480 g/mol. The van der Waals surface area contributed by atoms with Crippen LogP contribution in [0.2, 0.25) is 0 Å². The maximum Gasteiger partial charge on any atom is 0.191 e. The number of halogens is 1. The predicted octanol–water partition coefficient (Wildman–Crippen LogP) is 4.73. The van der Waals surface area contributed by atoms with Gasteiger partial charge in [-0.1, -0.05) is 49.4 Å². The van der Waals surface area contributed by atoms with Crippen molar-refractivity contribution in [3.8, 4) is 0 Å². The molecule has 0 fully saturated rings. The zero-order valence-electron chi connectivity index (χ0n) is 15.2. The molecule has 4 nitrogen and oxygen atoms in total. The van der Waals surface area contributed by atoms with Crippen LogP contribution < -0.4 is 10.6 Å². The van der Waals surface area contributed by atoms with Crippen molar-refractivity contribution in [1.82, 2.24) is 15.6 Å². The van der Waals surface area contributed by atoms with Crippen LogP contribution in [0, 0.1) is 0 Å². The van der Waals surface area contributed by atoms with Gasteiger partial charge in [0.15, 0.2) is 5.96 Å². The molecule has 0 aliphatic heterocycles. The quantitative estimate of drug-likeness (QED) is 0.305. The lowest BCUT2D eigenvalue weighted by Crippen LogP contribution is -2.36. The first-order valence-electron chi connectivity index (χ1n) is 8.72. The van der Waals surface area contributed by atoms with Crippen LogP contribution in [0.1, 0.15) is 29.3 Å². The van der Waals surface area contributed by atoms with E-state index in [1.807, 2.05) is 6.20 Å². The molecule has 1 heterocycles. The summed E-state index contributed by atoms with van der Waals surface area (Å²) >= 11 is 1.75. The number of nitrogens with one attached hydrogen (secondary N) is 2. The molecule has 0 amide bonds. The van der Waals surface area contributed by atoms with Crippen molar-refractivity contribution in [2.45, 2.75) is 33.4 Å². The Morgan fingerprint density at radius 3 is 2.65 bits per heavy atom. The first-order valence-corrected chi connectivity index (χ1v) is 9.54. The normalized spacial score (nSPS) is 11.2. The van der Waals surface area contributed by atoms with Crippen LogP contribution in [0.3, 0.4) is 0 Å². The van der Waals surface area contributed by atoms with Crippen molar-refractivity contribution in [2.24, 2.45) is 4.99 Å². The Balaban J connectivity index is 0.00000243. The van der Waals surface area contributed by atoms with Crippen LogP contribution in [0.15, 0.2) is 53.7 Å². The molecule has 3 rings (SSSR count). The molecule has 6 heteroatoms. The number of aryl methyl sites for hydroxylation is 1. The number of thiazole rings is 1. The second-order valence-corrected chi connectivity index (χ2v) is 6.96. The summed E-state index contributed by atoms with van der Waals surface area (Å²) in [5.74, 6) is 0.823. The molecule has 0 atom stereocenters. The molecule has 0 aliphatic carbocycles. The fraction of sp³-hybridized carbons (Fsp3) is 0.300. The van der Waals surface area contributed by atoms with Crippen LogP contribution in [0.25, 0.3) is 10.8 Å². The molecule has 0 bridgehead atoms. The molecule has 0 saturated carbocycles. The Morgan fingerprint density at radius 2 is 1.88 bits per heavy atom. The Bertz CT molecular complexity index is 854. The van der Waals surface area contributed by atoms with Crippen LogP contribution in [-0.4, -0.2) is 17.5 Å². The lowest BCUT2D eigenvalue weighted by molar-refractivity contribution is 0.812. The van der Waals surface area contributed by atoms with Gasteiger partial charge in [0.2, 0.25) is 0 Å². The first-order chi connectivity index (χ1) is 12.3. The zero-order chi connectivity index (χ0) is 17.5. The van der Waals surface area contributed by atoms with Gasteiger partial charge in [-0.25, -0.2) is 9.98 Å². The summed E-state index contributed by atoms with van der Waals surface area (Å²) in [5, 5.41) is 10.3. The largest absolute Gasteiger partial charge is 0.357 e. The summed E-state index contributed by atoms with van der Waals surface area (Å²) in [7, 11) is 0. The van der Waals surface area contributed by atoms with Gasteiger partial charge in [0.25, 0.3) is 0 Å². The van der Waals surface area contributed by atoms with E-state index in [0.29, 0.717) is 13.1 Å². The minimum atomic E-state index is 0. The monoisotopic (exact) mass is 480 g/mol. The van der Waals surface area contributed by atoms with Gasteiger partial charge < -0.3 is 10.6 Å². The minimum Gasteiger partial charge on any atom is -0.357 e. The van der Waals surface area contributed by atoms with Gasteiger partial charge >= 0.3 is 0 Å². The van der Waals surface area contributed by atoms with Gasteiger partial charge in [-0.2, -0.15) is 0 Å². The number of guanidine groups is 1. The maximum absolute atomic E-state index is 4.75.